The van der Waals surface area contributed by atoms with Gasteiger partial charge >= 0.3 is 0 Å². The van der Waals surface area contributed by atoms with E-state index in [-0.39, 0.29) is 5.54 Å². The highest BCUT2D eigenvalue weighted by Gasteiger charge is 2.04. The number of carbonyl (C=O) groups is 1. The molecule has 0 radical (unpaired) electrons. The molecule has 0 aromatic heterocycles. The first-order chi connectivity index (χ1) is 3.42. The van der Waals surface area contributed by atoms with Gasteiger partial charge in [0, 0.05) is 5.54 Å². The Hall–Kier alpha value is -0.530. The van der Waals surface area contributed by atoms with Crippen LogP contribution in [0, 0.1) is 0 Å². The van der Waals surface area contributed by atoms with Crippen LogP contribution in [0.1, 0.15) is 22.1 Å². The number of rotatable bonds is 0. The predicted octanol–water partition coefficient (Wildman–Crippen LogP) is 0.531. The Kier molecular flexibility index (Phi) is 1.29. The monoisotopic (exact) mass is 102 g/mol. The molecule has 0 rings (SSSR count). The molecule has 0 atom stereocenters. The zero-order valence-electron chi connectivity index (χ0n) is 5.91. The summed E-state index contributed by atoms with van der Waals surface area (Å²) in [4.78, 5) is 10.0. The first-order valence-corrected chi connectivity index (χ1v) is 2.20. The maximum absolute atomic E-state index is 10.0. The van der Waals surface area contributed by atoms with Gasteiger partial charge in [-0.25, -0.2) is 0 Å². The number of amides is 1. The van der Waals surface area contributed by atoms with E-state index >= 15 is 0 Å². The van der Waals surface area contributed by atoms with E-state index in [1.165, 1.54) is 0 Å². The molecule has 2 heteroatoms. The summed E-state index contributed by atoms with van der Waals surface area (Å²) in [5.41, 5.74) is -0.265. The zero-order chi connectivity index (χ0) is 6.78. The Morgan fingerprint density at radius 2 is 2.14 bits per heavy atom. The third-order valence-electron chi connectivity index (χ3n) is 0.426. The Morgan fingerprint density at radius 1 is 1.71 bits per heavy atom. The number of carbonyl (C=O) groups excluding carboxylic acids is 1. The number of hydrogen-bond donors (Lipinski definition) is 1. The SMILES string of the molecule is [2H]C(=O)NC(C)(C)C. The summed E-state index contributed by atoms with van der Waals surface area (Å²) in [6.07, 6.45) is -0.725. The van der Waals surface area contributed by atoms with E-state index in [2.05, 4.69) is 5.32 Å². The molecule has 1 N–H and O–H groups in total. The molecule has 0 aromatic carbocycles. The van der Waals surface area contributed by atoms with Crippen LogP contribution in [-0.4, -0.2) is 11.9 Å². The Bertz CT molecular complexity index is 95.1. The normalized spacial score (nSPS) is 12.7. The average Bonchev–Trinajstić information content (AvgIpc) is 1.21. The molecule has 0 aromatic rings. The highest BCUT2D eigenvalue weighted by Crippen LogP contribution is 1.94. The summed E-state index contributed by atoms with van der Waals surface area (Å²) in [5.74, 6) is 0. The summed E-state index contributed by atoms with van der Waals surface area (Å²) >= 11 is 0. The van der Waals surface area contributed by atoms with E-state index in [9.17, 15) is 4.79 Å². The first-order valence-electron chi connectivity index (χ1n) is 2.70. The molecule has 0 unspecified atom stereocenters. The molecule has 0 fully saturated rings. The predicted molar refractivity (Wildman–Crippen MR) is 29.0 cm³/mol. The molecule has 0 saturated carbocycles. The van der Waals surface area contributed by atoms with Gasteiger partial charge in [0.25, 0.3) is 0 Å². The van der Waals surface area contributed by atoms with E-state index in [4.69, 9.17) is 1.37 Å². The van der Waals surface area contributed by atoms with E-state index in [0.717, 1.165) is 0 Å². The maximum atomic E-state index is 10.0. The van der Waals surface area contributed by atoms with E-state index in [1.54, 1.807) is 0 Å². The lowest BCUT2D eigenvalue weighted by atomic mass is 10.1. The summed E-state index contributed by atoms with van der Waals surface area (Å²) in [6.45, 7) is 5.50. The fourth-order valence-corrected chi connectivity index (χ4v) is 0.153. The second-order valence-electron chi connectivity index (χ2n) is 2.48. The molecule has 0 heterocycles. The van der Waals surface area contributed by atoms with Crippen molar-refractivity contribution in [1.29, 1.82) is 0 Å². The minimum atomic E-state index is -0.725. The summed E-state index contributed by atoms with van der Waals surface area (Å²) in [7, 11) is 0. The molecule has 0 spiro atoms. The fourth-order valence-electron chi connectivity index (χ4n) is 0.153. The van der Waals surface area contributed by atoms with E-state index < -0.39 is 6.39 Å². The third-order valence-corrected chi connectivity index (χ3v) is 0.426. The van der Waals surface area contributed by atoms with E-state index in [1.807, 2.05) is 20.8 Å². The highest BCUT2D eigenvalue weighted by molar-refractivity contribution is 5.47. The Morgan fingerprint density at radius 3 is 2.14 bits per heavy atom. The molecule has 42 valence electrons. The molecule has 0 saturated heterocycles. The van der Waals surface area contributed by atoms with Crippen LogP contribution >= 0.6 is 0 Å². The third kappa shape index (κ3) is 5.47. The standard InChI is InChI=1S/C5H11NO/c1-5(2,3)6-4-7/h4H,1-3H3,(H,6,7)/i4D. The van der Waals surface area contributed by atoms with Gasteiger partial charge in [-0.05, 0) is 20.8 Å². The molecule has 7 heavy (non-hydrogen) atoms. The minimum Gasteiger partial charge on any atom is -0.354 e. The lowest BCUT2D eigenvalue weighted by Gasteiger charge is -2.15. The Labute approximate surface area is 45.3 Å². The molecule has 0 aliphatic carbocycles. The fraction of sp³-hybridized carbons (Fsp3) is 0.800. The van der Waals surface area contributed by atoms with Crippen molar-refractivity contribution >= 4 is 6.39 Å². The van der Waals surface area contributed by atoms with Gasteiger partial charge in [0.2, 0.25) is 6.39 Å². The van der Waals surface area contributed by atoms with Gasteiger partial charge in [-0.1, -0.05) is 0 Å². The van der Waals surface area contributed by atoms with Gasteiger partial charge in [-0.2, -0.15) is 0 Å². The number of nitrogens with one attached hydrogen (secondary N) is 1. The summed E-state index contributed by atoms with van der Waals surface area (Å²) < 4.78 is 6.48. The highest BCUT2D eigenvalue weighted by atomic mass is 16.1. The van der Waals surface area contributed by atoms with Crippen LogP contribution in [0.5, 0.6) is 0 Å². The lowest BCUT2D eigenvalue weighted by molar-refractivity contribution is -0.110. The van der Waals surface area contributed by atoms with Crippen LogP contribution in [0.15, 0.2) is 0 Å². The topological polar surface area (TPSA) is 29.1 Å². The van der Waals surface area contributed by atoms with Crippen molar-refractivity contribution in [3.63, 3.8) is 0 Å². The molecular weight excluding hydrogens is 90.1 g/mol. The molecule has 0 bridgehead atoms. The van der Waals surface area contributed by atoms with Crippen LogP contribution in [0.25, 0.3) is 0 Å². The zero-order valence-corrected chi connectivity index (χ0v) is 4.91. The quantitative estimate of drug-likeness (QED) is 0.444. The van der Waals surface area contributed by atoms with Gasteiger partial charge in [0.05, 0.1) is 0 Å². The molecule has 2 nitrogen and oxygen atoms in total. The van der Waals surface area contributed by atoms with Gasteiger partial charge < -0.3 is 5.32 Å². The van der Waals surface area contributed by atoms with Crippen LogP contribution in [0.2, 0.25) is 0 Å². The maximum Gasteiger partial charge on any atom is 0.207 e. The van der Waals surface area contributed by atoms with Gasteiger partial charge in [0.15, 0.2) is 0 Å². The lowest BCUT2D eigenvalue weighted by Crippen LogP contribution is -2.34. The van der Waals surface area contributed by atoms with Crippen molar-refractivity contribution < 1.29 is 6.17 Å². The van der Waals surface area contributed by atoms with Crippen molar-refractivity contribution in [2.45, 2.75) is 26.3 Å². The minimum absolute atomic E-state index is 0.265. The second-order valence-corrected chi connectivity index (χ2v) is 2.48. The van der Waals surface area contributed by atoms with Crippen LogP contribution in [0.3, 0.4) is 0 Å². The van der Waals surface area contributed by atoms with Crippen LogP contribution < -0.4 is 5.32 Å². The van der Waals surface area contributed by atoms with Crippen LogP contribution in [0.4, 0.5) is 0 Å². The van der Waals surface area contributed by atoms with E-state index in [0.29, 0.717) is 0 Å². The van der Waals surface area contributed by atoms with Crippen LogP contribution in [-0.2, 0) is 4.79 Å². The smallest absolute Gasteiger partial charge is 0.207 e. The van der Waals surface area contributed by atoms with Gasteiger partial charge in [-0.15, -0.1) is 0 Å². The van der Waals surface area contributed by atoms with Crippen molar-refractivity contribution in [2.24, 2.45) is 0 Å². The summed E-state index contributed by atoms with van der Waals surface area (Å²) in [6, 6.07) is 0. The summed E-state index contributed by atoms with van der Waals surface area (Å²) in [5, 5.41) is 2.41. The van der Waals surface area contributed by atoms with Gasteiger partial charge in [-0.3, -0.25) is 4.79 Å². The van der Waals surface area contributed by atoms with Crippen molar-refractivity contribution in [1.82, 2.24) is 5.32 Å². The average molecular weight is 102 g/mol. The largest absolute Gasteiger partial charge is 0.354 e. The van der Waals surface area contributed by atoms with Crippen molar-refractivity contribution in [3.8, 4) is 0 Å². The molecule has 1 amide bonds. The molecular formula is C5H11NO. The molecule has 0 aliphatic rings. The van der Waals surface area contributed by atoms with Crippen molar-refractivity contribution in [3.05, 3.63) is 0 Å². The second kappa shape index (κ2) is 1.96. The molecule has 0 aliphatic heterocycles. The number of hydrogen-bond acceptors (Lipinski definition) is 1. The first kappa shape index (κ1) is 4.62. The van der Waals surface area contributed by atoms with Gasteiger partial charge in [0.1, 0.15) is 1.37 Å². The van der Waals surface area contributed by atoms with Crippen molar-refractivity contribution in [2.75, 3.05) is 0 Å². The Balaban J connectivity index is 3.55.